The second kappa shape index (κ2) is 5.48. The van der Waals surface area contributed by atoms with E-state index in [1.54, 1.807) is 6.20 Å². The van der Waals surface area contributed by atoms with Crippen LogP contribution in [0.4, 0.5) is 0 Å². The Morgan fingerprint density at radius 3 is 2.78 bits per heavy atom. The smallest absolute Gasteiger partial charge is 0.112 e. The quantitative estimate of drug-likeness (QED) is 0.882. The van der Waals surface area contributed by atoms with Crippen LogP contribution in [0.5, 0.6) is 0 Å². The first kappa shape index (κ1) is 13.0. The van der Waals surface area contributed by atoms with Crippen molar-refractivity contribution >= 4 is 11.0 Å². The molecule has 0 aliphatic heterocycles. The van der Waals surface area contributed by atoms with E-state index in [0.29, 0.717) is 12.0 Å². The van der Waals surface area contributed by atoms with Crippen LogP contribution in [0.2, 0.25) is 0 Å². The van der Waals surface area contributed by atoms with Gasteiger partial charge in [-0.3, -0.25) is 4.98 Å². The van der Waals surface area contributed by atoms with Crippen LogP contribution in [0.1, 0.15) is 44.9 Å². The fraction of sp³-hybridized carbons (Fsp3) is 0.571. The second-order valence-corrected chi connectivity index (χ2v) is 5.20. The lowest BCUT2D eigenvalue weighted by Gasteiger charge is -2.12. The van der Waals surface area contributed by atoms with Crippen LogP contribution in [-0.4, -0.2) is 20.6 Å². The second-order valence-electron chi connectivity index (χ2n) is 5.20. The highest BCUT2D eigenvalue weighted by atomic mass is 15.1. The fourth-order valence-corrected chi connectivity index (χ4v) is 2.37. The molecule has 0 bridgehead atoms. The zero-order chi connectivity index (χ0) is 13.1. The molecule has 0 spiro atoms. The van der Waals surface area contributed by atoms with Crippen LogP contribution in [-0.2, 0) is 7.05 Å². The summed E-state index contributed by atoms with van der Waals surface area (Å²) in [4.78, 5) is 8.86. The predicted octanol–water partition coefficient (Wildman–Crippen LogP) is 2.59. The monoisotopic (exact) mass is 246 g/mol. The average Bonchev–Trinajstić information content (AvgIpc) is 2.67. The van der Waals surface area contributed by atoms with Gasteiger partial charge in [0.15, 0.2) is 0 Å². The van der Waals surface area contributed by atoms with E-state index in [-0.39, 0.29) is 0 Å². The standard InChI is InChI=1S/C14H22N4/c1-10(5-4-6-11(2)15)14-17-12-7-8-16-9-13(12)18(14)3/h7-11H,4-6,15H2,1-3H3. The number of nitrogens with zero attached hydrogens (tertiary/aromatic N) is 3. The van der Waals surface area contributed by atoms with E-state index in [9.17, 15) is 0 Å². The first-order chi connectivity index (χ1) is 8.59. The van der Waals surface area contributed by atoms with Gasteiger partial charge in [0.2, 0.25) is 0 Å². The summed E-state index contributed by atoms with van der Waals surface area (Å²) in [5.74, 6) is 1.60. The molecule has 2 rings (SSSR count). The average molecular weight is 246 g/mol. The molecular weight excluding hydrogens is 224 g/mol. The van der Waals surface area contributed by atoms with Crippen LogP contribution in [0, 0.1) is 0 Å². The Morgan fingerprint density at radius 2 is 2.11 bits per heavy atom. The third-order valence-corrected chi connectivity index (χ3v) is 3.46. The maximum absolute atomic E-state index is 5.78. The zero-order valence-electron chi connectivity index (χ0n) is 11.4. The molecule has 4 nitrogen and oxygen atoms in total. The minimum absolute atomic E-state index is 0.293. The third kappa shape index (κ3) is 2.70. The summed E-state index contributed by atoms with van der Waals surface area (Å²) in [7, 11) is 2.06. The van der Waals surface area contributed by atoms with Gasteiger partial charge < -0.3 is 10.3 Å². The molecule has 18 heavy (non-hydrogen) atoms. The lowest BCUT2D eigenvalue weighted by atomic mass is 10.0. The van der Waals surface area contributed by atoms with Crippen molar-refractivity contribution in [1.82, 2.24) is 14.5 Å². The molecule has 2 atom stereocenters. The molecule has 0 radical (unpaired) electrons. The highest BCUT2D eigenvalue weighted by Gasteiger charge is 2.14. The highest BCUT2D eigenvalue weighted by Crippen LogP contribution is 2.24. The molecule has 4 heteroatoms. The molecule has 0 aliphatic carbocycles. The summed E-state index contributed by atoms with van der Waals surface area (Å²) >= 11 is 0. The molecule has 0 amide bonds. The summed E-state index contributed by atoms with van der Waals surface area (Å²) in [6.45, 7) is 4.29. The summed E-state index contributed by atoms with van der Waals surface area (Å²) in [5.41, 5.74) is 7.91. The van der Waals surface area contributed by atoms with E-state index >= 15 is 0 Å². The van der Waals surface area contributed by atoms with Crippen molar-refractivity contribution in [3.8, 4) is 0 Å². The molecule has 2 N–H and O–H groups in total. The number of hydrogen-bond acceptors (Lipinski definition) is 3. The molecular formula is C14H22N4. The van der Waals surface area contributed by atoms with Crippen molar-refractivity contribution in [1.29, 1.82) is 0 Å². The number of imidazole rings is 1. The van der Waals surface area contributed by atoms with Crippen molar-refractivity contribution in [2.75, 3.05) is 0 Å². The molecule has 0 aromatic carbocycles. The van der Waals surface area contributed by atoms with Crippen LogP contribution in [0.25, 0.3) is 11.0 Å². The Labute approximate surface area is 108 Å². The largest absolute Gasteiger partial charge is 0.330 e. The summed E-state index contributed by atoms with van der Waals surface area (Å²) < 4.78 is 2.15. The number of hydrogen-bond donors (Lipinski definition) is 1. The van der Waals surface area contributed by atoms with E-state index < -0.39 is 0 Å². The van der Waals surface area contributed by atoms with Gasteiger partial charge in [-0.25, -0.2) is 4.98 Å². The van der Waals surface area contributed by atoms with E-state index in [0.717, 1.165) is 36.1 Å². The maximum atomic E-state index is 5.78. The van der Waals surface area contributed by atoms with E-state index in [2.05, 4.69) is 30.4 Å². The molecule has 2 aromatic heterocycles. The number of aromatic nitrogens is 3. The van der Waals surface area contributed by atoms with Gasteiger partial charge in [0.1, 0.15) is 5.82 Å². The Kier molecular flexibility index (Phi) is 3.97. The minimum Gasteiger partial charge on any atom is -0.330 e. The van der Waals surface area contributed by atoms with Crippen LogP contribution < -0.4 is 5.73 Å². The molecule has 0 aliphatic rings. The van der Waals surface area contributed by atoms with Gasteiger partial charge in [-0.05, 0) is 25.8 Å². The predicted molar refractivity (Wildman–Crippen MR) is 74.4 cm³/mol. The van der Waals surface area contributed by atoms with Crippen molar-refractivity contribution in [3.05, 3.63) is 24.3 Å². The Bertz CT molecular complexity index is 515. The van der Waals surface area contributed by atoms with Gasteiger partial charge in [0.25, 0.3) is 0 Å². The lowest BCUT2D eigenvalue weighted by Crippen LogP contribution is -2.14. The van der Waals surface area contributed by atoms with E-state index in [4.69, 9.17) is 10.7 Å². The molecule has 2 unspecified atom stereocenters. The zero-order valence-corrected chi connectivity index (χ0v) is 11.4. The number of aryl methyl sites for hydroxylation is 1. The number of rotatable bonds is 5. The van der Waals surface area contributed by atoms with Gasteiger partial charge in [-0.1, -0.05) is 13.3 Å². The number of fused-ring (bicyclic) bond motifs is 1. The summed E-state index contributed by atoms with van der Waals surface area (Å²) in [6, 6.07) is 2.26. The van der Waals surface area contributed by atoms with Crippen LogP contribution in [0.3, 0.4) is 0 Å². The molecule has 98 valence electrons. The molecule has 0 fully saturated rings. The highest BCUT2D eigenvalue weighted by molar-refractivity contribution is 5.74. The SMILES string of the molecule is CC(N)CCCC(C)c1nc2ccncc2n1C. The first-order valence-corrected chi connectivity index (χ1v) is 6.61. The van der Waals surface area contributed by atoms with Crippen LogP contribution >= 0.6 is 0 Å². The number of pyridine rings is 1. The Morgan fingerprint density at radius 1 is 1.33 bits per heavy atom. The van der Waals surface area contributed by atoms with Gasteiger partial charge in [0, 0.05) is 25.2 Å². The minimum atomic E-state index is 0.293. The van der Waals surface area contributed by atoms with Gasteiger partial charge in [-0.15, -0.1) is 0 Å². The summed E-state index contributed by atoms with van der Waals surface area (Å²) in [6.07, 6.45) is 7.03. The van der Waals surface area contributed by atoms with Crippen molar-refractivity contribution in [2.45, 2.75) is 45.1 Å². The number of nitrogens with two attached hydrogens (primary N) is 1. The van der Waals surface area contributed by atoms with Gasteiger partial charge in [-0.2, -0.15) is 0 Å². The van der Waals surface area contributed by atoms with Gasteiger partial charge >= 0.3 is 0 Å². The molecule has 0 saturated carbocycles. The molecule has 2 heterocycles. The van der Waals surface area contributed by atoms with E-state index in [1.807, 2.05) is 12.3 Å². The van der Waals surface area contributed by atoms with Crippen LogP contribution in [0.15, 0.2) is 18.5 Å². The lowest BCUT2D eigenvalue weighted by molar-refractivity contribution is 0.535. The molecule has 0 saturated heterocycles. The van der Waals surface area contributed by atoms with E-state index in [1.165, 1.54) is 0 Å². The Hall–Kier alpha value is -1.42. The first-order valence-electron chi connectivity index (χ1n) is 6.61. The third-order valence-electron chi connectivity index (χ3n) is 3.46. The van der Waals surface area contributed by atoms with Crippen molar-refractivity contribution < 1.29 is 0 Å². The topological polar surface area (TPSA) is 56.7 Å². The summed E-state index contributed by atoms with van der Waals surface area (Å²) in [5, 5.41) is 0. The van der Waals surface area contributed by atoms with Gasteiger partial charge in [0.05, 0.1) is 17.2 Å². The fourth-order valence-electron chi connectivity index (χ4n) is 2.37. The molecule has 2 aromatic rings. The Balaban J connectivity index is 2.12. The van der Waals surface area contributed by atoms with Crippen molar-refractivity contribution in [2.24, 2.45) is 12.8 Å². The normalized spacial score (nSPS) is 14.9. The maximum Gasteiger partial charge on any atom is 0.112 e. The van der Waals surface area contributed by atoms with Crippen molar-refractivity contribution in [3.63, 3.8) is 0 Å².